The minimum atomic E-state index is -1.56. The summed E-state index contributed by atoms with van der Waals surface area (Å²) in [6, 6.07) is 17.3. The van der Waals surface area contributed by atoms with Crippen LogP contribution in [0.5, 0.6) is 23.0 Å². The van der Waals surface area contributed by atoms with Crippen molar-refractivity contribution in [3.63, 3.8) is 0 Å². The van der Waals surface area contributed by atoms with E-state index in [0.717, 1.165) is 93.3 Å². The molecule has 0 saturated carbocycles. The van der Waals surface area contributed by atoms with Crippen molar-refractivity contribution in [3.05, 3.63) is 115 Å². The Bertz CT molecular complexity index is 2310. The van der Waals surface area contributed by atoms with Crippen LogP contribution >= 0.6 is 0 Å². The molecular formula is C72H114O8. The van der Waals surface area contributed by atoms with Crippen LogP contribution in [0.1, 0.15) is 272 Å². The van der Waals surface area contributed by atoms with Gasteiger partial charge < -0.3 is 39.4 Å². The lowest BCUT2D eigenvalue weighted by molar-refractivity contribution is -0.418. The fourth-order valence-electron chi connectivity index (χ4n) is 10.8. The standard InChI is InChI=1S/C72H114O8/c1-26-59(77-35-27-31-47-39-51(64(2,3)4)60(73)52(40-47)65(5,6)7)72(78-36-28-32-48-41-53(66(8,9)10)61(74)54(42-48)67(11,12)13,79-37-29-33-49-43-55(68(14,15)16)62(75)56(44-49)69(17,18)19)80-38-30-34-50-45-57(70(20,21)22)63(76)58(46-50)71(23,24)25/h39-46,59,73-76H,26-38H2,1-25H3. The molecule has 0 heterocycles. The van der Waals surface area contributed by atoms with Crippen LogP contribution in [0.25, 0.3) is 0 Å². The Hall–Kier alpha value is -4.08. The van der Waals surface area contributed by atoms with Gasteiger partial charge >= 0.3 is 5.97 Å². The van der Waals surface area contributed by atoms with Gasteiger partial charge in [0.25, 0.3) is 0 Å². The first-order valence-electron chi connectivity index (χ1n) is 30.3. The Labute approximate surface area is 488 Å². The van der Waals surface area contributed by atoms with Gasteiger partial charge in [0.15, 0.2) is 0 Å². The van der Waals surface area contributed by atoms with Crippen molar-refractivity contribution in [1.82, 2.24) is 0 Å². The molecule has 0 amide bonds. The third-order valence-corrected chi connectivity index (χ3v) is 15.6. The molecule has 1 unspecified atom stereocenters. The summed E-state index contributed by atoms with van der Waals surface area (Å²) in [6.45, 7) is 55.1. The predicted octanol–water partition coefficient (Wildman–Crippen LogP) is 18.2. The number of hydrogen-bond acceptors (Lipinski definition) is 8. The minimum absolute atomic E-state index is 0.236. The highest BCUT2D eigenvalue weighted by Crippen LogP contribution is 2.44. The van der Waals surface area contributed by atoms with Crippen molar-refractivity contribution in [3.8, 4) is 23.0 Å². The maximum atomic E-state index is 11.6. The molecular weight excluding hydrogens is 993 g/mol. The largest absolute Gasteiger partial charge is 0.507 e. The fourth-order valence-corrected chi connectivity index (χ4v) is 10.8. The lowest BCUT2D eigenvalue weighted by atomic mass is 9.78. The molecule has 4 N–H and O–H groups in total. The molecule has 0 aromatic heterocycles. The van der Waals surface area contributed by atoms with E-state index in [-0.39, 0.29) is 43.3 Å². The van der Waals surface area contributed by atoms with Gasteiger partial charge in [0, 0.05) is 6.61 Å². The van der Waals surface area contributed by atoms with Crippen LogP contribution < -0.4 is 0 Å². The molecule has 0 aliphatic carbocycles. The van der Waals surface area contributed by atoms with Crippen molar-refractivity contribution >= 4 is 0 Å². The Morgan fingerprint density at radius 1 is 0.300 bits per heavy atom. The second-order valence-electron chi connectivity index (χ2n) is 31.5. The van der Waals surface area contributed by atoms with Gasteiger partial charge in [-0.15, -0.1) is 0 Å². The van der Waals surface area contributed by atoms with Crippen molar-refractivity contribution in [2.75, 3.05) is 26.4 Å². The highest BCUT2D eigenvalue weighted by atomic mass is 16.9. The smallest absolute Gasteiger partial charge is 0.310 e. The molecule has 0 aliphatic rings. The maximum absolute atomic E-state index is 11.6. The molecule has 4 rings (SSSR count). The van der Waals surface area contributed by atoms with Gasteiger partial charge in [-0.2, -0.15) is 0 Å². The molecule has 8 nitrogen and oxygen atoms in total. The Kier molecular flexibility index (Phi) is 22.1. The molecule has 450 valence electrons. The van der Waals surface area contributed by atoms with Crippen molar-refractivity contribution in [2.45, 2.75) is 286 Å². The molecule has 0 fully saturated rings. The van der Waals surface area contributed by atoms with Gasteiger partial charge in [0.1, 0.15) is 29.1 Å². The van der Waals surface area contributed by atoms with Crippen LogP contribution in [0.4, 0.5) is 0 Å². The van der Waals surface area contributed by atoms with E-state index in [1.54, 1.807) is 0 Å². The quantitative estimate of drug-likeness (QED) is 0.0454. The van der Waals surface area contributed by atoms with E-state index in [2.05, 4.69) is 222 Å². The van der Waals surface area contributed by atoms with E-state index >= 15 is 0 Å². The van der Waals surface area contributed by atoms with Crippen LogP contribution in [-0.2, 0) is 88.0 Å². The zero-order chi connectivity index (χ0) is 61.0. The number of aryl methyl sites for hydroxylation is 4. The molecule has 1 atom stereocenters. The zero-order valence-electron chi connectivity index (χ0n) is 55.3. The number of phenolic OH excluding ortho intramolecular Hbond substituents is 4. The third kappa shape index (κ3) is 18.2. The van der Waals surface area contributed by atoms with Crippen LogP contribution in [0.3, 0.4) is 0 Å². The van der Waals surface area contributed by atoms with Gasteiger partial charge in [-0.05, 0) is 168 Å². The third-order valence-electron chi connectivity index (χ3n) is 15.6. The first-order chi connectivity index (χ1) is 36.3. The molecule has 0 radical (unpaired) electrons. The van der Waals surface area contributed by atoms with Gasteiger partial charge in [0.2, 0.25) is 0 Å². The molecule has 0 spiro atoms. The summed E-state index contributed by atoms with van der Waals surface area (Å²) in [6.07, 6.45) is 5.66. The van der Waals surface area contributed by atoms with Gasteiger partial charge in [0.05, 0.1) is 19.8 Å². The van der Waals surface area contributed by atoms with Crippen molar-refractivity contribution < 1.29 is 39.4 Å². The first kappa shape index (κ1) is 68.4. The lowest BCUT2D eigenvalue weighted by Gasteiger charge is -2.39. The van der Waals surface area contributed by atoms with Crippen molar-refractivity contribution in [1.29, 1.82) is 0 Å². The zero-order valence-corrected chi connectivity index (χ0v) is 55.3. The van der Waals surface area contributed by atoms with Gasteiger partial charge in [-0.25, -0.2) is 0 Å². The van der Waals surface area contributed by atoms with E-state index in [1.807, 2.05) is 0 Å². The van der Waals surface area contributed by atoms with E-state index < -0.39 is 12.1 Å². The maximum Gasteiger partial charge on any atom is 0.310 e. The number of rotatable bonds is 22. The van der Waals surface area contributed by atoms with E-state index in [9.17, 15) is 20.4 Å². The number of ether oxygens (including phenoxy) is 4. The summed E-state index contributed by atoms with van der Waals surface area (Å²) >= 11 is 0. The number of phenols is 4. The van der Waals surface area contributed by atoms with Crippen LogP contribution in [0.15, 0.2) is 48.5 Å². The average Bonchev–Trinajstić information content (AvgIpc) is 3.29. The molecule has 0 bridgehead atoms. The summed E-state index contributed by atoms with van der Waals surface area (Å²) in [5.41, 5.74) is 10.1. The summed E-state index contributed by atoms with van der Waals surface area (Å²) in [7, 11) is 0. The molecule has 80 heavy (non-hydrogen) atoms. The lowest BCUT2D eigenvalue weighted by Crippen LogP contribution is -2.52. The predicted molar refractivity (Wildman–Crippen MR) is 336 cm³/mol. The molecule has 0 aliphatic heterocycles. The van der Waals surface area contributed by atoms with Crippen LogP contribution in [0, 0.1) is 0 Å². The van der Waals surface area contributed by atoms with Gasteiger partial charge in [-0.3, -0.25) is 0 Å². The summed E-state index contributed by atoms with van der Waals surface area (Å²) in [4.78, 5) is 0. The average molecular weight is 1110 g/mol. The molecule has 4 aromatic carbocycles. The van der Waals surface area contributed by atoms with Crippen LogP contribution in [0.2, 0.25) is 0 Å². The molecule has 0 saturated heterocycles. The first-order valence-corrected chi connectivity index (χ1v) is 30.3. The second kappa shape index (κ2) is 25.8. The summed E-state index contributed by atoms with van der Waals surface area (Å²) < 4.78 is 28.4. The van der Waals surface area contributed by atoms with E-state index in [4.69, 9.17) is 18.9 Å². The highest BCUT2D eigenvalue weighted by molar-refractivity contribution is 5.53. The van der Waals surface area contributed by atoms with Crippen LogP contribution in [-0.4, -0.2) is 58.9 Å². The second-order valence-corrected chi connectivity index (χ2v) is 31.5. The van der Waals surface area contributed by atoms with Crippen molar-refractivity contribution in [2.24, 2.45) is 0 Å². The SMILES string of the molecule is CCC(OCCCc1cc(C(C)(C)C)c(O)c(C(C)(C)C)c1)C(OCCCc1cc(C(C)(C)C)c(O)c(C(C)(C)C)c1)(OCCCc1cc(C(C)(C)C)c(O)c(C(C)(C)C)c1)OCCCc1cc(C(C)(C)C)c(O)c(C(C)(C)C)c1. The monoisotopic (exact) mass is 1110 g/mol. The Morgan fingerprint density at radius 3 is 0.637 bits per heavy atom. The van der Waals surface area contributed by atoms with Gasteiger partial charge in [-0.1, -0.05) is 222 Å². The number of benzene rings is 4. The fraction of sp³-hybridized carbons (Fsp3) is 0.667. The van der Waals surface area contributed by atoms with E-state index in [1.165, 1.54) is 5.56 Å². The Balaban J connectivity index is 1.79. The topological polar surface area (TPSA) is 118 Å². The highest BCUT2D eigenvalue weighted by Gasteiger charge is 2.44. The number of hydrogen-bond donors (Lipinski definition) is 4. The molecule has 4 aromatic rings. The summed E-state index contributed by atoms with van der Waals surface area (Å²) in [5.74, 6) is -0.0608. The molecule has 8 heteroatoms. The van der Waals surface area contributed by atoms with E-state index in [0.29, 0.717) is 75.1 Å². The normalized spacial score (nSPS) is 14.1. The Morgan fingerprint density at radius 2 is 0.475 bits per heavy atom. The summed E-state index contributed by atoms with van der Waals surface area (Å²) in [5, 5.41) is 46.2. The number of aromatic hydroxyl groups is 4. The minimum Gasteiger partial charge on any atom is -0.507 e.